The van der Waals surface area contributed by atoms with Crippen molar-refractivity contribution in [1.82, 2.24) is 0 Å². The first-order valence-corrected chi connectivity index (χ1v) is 3.97. The van der Waals surface area contributed by atoms with E-state index in [9.17, 15) is 10.0 Å². The summed E-state index contributed by atoms with van der Waals surface area (Å²) in [5, 5.41) is 10.8. The largest absolute Gasteiger partial charge is 0.619 e. The molecule has 72 valence electrons. The van der Waals surface area contributed by atoms with Crippen LogP contribution in [0, 0.1) is 17.0 Å². The molecule has 0 bridgehead atoms. The Morgan fingerprint density at radius 3 is 3.14 bits per heavy atom. The number of aromatic nitrogens is 1. The van der Waals surface area contributed by atoms with E-state index in [4.69, 9.17) is 0 Å². The fourth-order valence-electron chi connectivity index (χ4n) is 0.819. The van der Waals surface area contributed by atoms with E-state index < -0.39 is 0 Å². The van der Waals surface area contributed by atoms with Crippen LogP contribution in [0.15, 0.2) is 24.5 Å². The first-order chi connectivity index (χ1) is 6.72. The lowest BCUT2D eigenvalue weighted by atomic mass is 10.3. The Bertz CT molecular complexity index is 390. The lowest BCUT2D eigenvalue weighted by molar-refractivity contribution is -0.605. The molecule has 4 nitrogen and oxygen atoms in total. The van der Waals surface area contributed by atoms with Crippen LogP contribution in [-0.4, -0.2) is 13.1 Å². The number of rotatable bonds is 1. The third-order valence-electron chi connectivity index (χ3n) is 1.47. The van der Waals surface area contributed by atoms with Crippen molar-refractivity contribution >= 4 is 5.97 Å². The van der Waals surface area contributed by atoms with Gasteiger partial charge in [-0.3, -0.25) is 4.79 Å². The van der Waals surface area contributed by atoms with Crippen molar-refractivity contribution in [2.45, 2.75) is 6.42 Å². The molecule has 0 atom stereocenters. The van der Waals surface area contributed by atoms with Crippen molar-refractivity contribution in [3.63, 3.8) is 0 Å². The van der Waals surface area contributed by atoms with Crippen LogP contribution in [-0.2, 0) is 9.53 Å². The molecule has 14 heavy (non-hydrogen) atoms. The standard InChI is InChI=1S/C10H9NO3/c1-14-10(12)6-2-4-9-5-3-7-11(13)8-9/h3,5,7-8H,6H2,1H3. The fraction of sp³-hybridized carbons (Fsp3) is 0.200. The van der Waals surface area contributed by atoms with Crippen molar-refractivity contribution in [1.29, 1.82) is 0 Å². The first-order valence-electron chi connectivity index (χ1n) is 3.97. The van der Waals surface area contributed by atoms with Crippen molar-refractivity contribution < 1.29 is 14.3 Å². The van der Waals surface area contributed by atoms with Crippen molar-refractivity contribution in [2.24, 2.45) is 0 Å². The zero-order chi connectivity index (χ0) is 10.4. The number of esters is 1. The average molecular weight is 191 g/mol. The highest BCUT2D eigenvalue weighted by Crippen LogP contribution is 1.91. The summed E-state index contributed by atoms with van der Waals surface area (Å²) in [7, 11) is 1.30. The molecule has 0 saturated carbocycles. The Morgan fingerprint density at radius 1 is 1.71 bits per heavy atom. The van der Waals surface area contributed by atoms with E-state index in [1.807, 2.05) is 0 Å². The molecule has 0 fully saturated rings. The Kier molecular flexibility index (Phi) is 3.50. The molecule has 0 amide bonds. The van der Waals surface area contributed by atoms with Crippen LogP contribution < -0.4 is 4.73 Å². The van der Waals surface area contributed by atoms with Crippen LogP contribution in [0.1, 0.15) is 12.0 Å². The fourth-order valence-corrected chi connectivity index (χ4v) is 0.819. The van der Waals surface area contributed by atoms with E-state index in [1.165, 1.54) is 19.5 Å². The predicted molar refractivity (Wildman–Crippen MR) is 48.9 cm³/mol. The van der Waals surface area contributed by atoms with Crippen LogP contribution in [0.25, 0.3) is 0 Å². The molecule has 0 N–H and O–H groups in total. The minimum Gasteiger partial charge on any atom is -0.619 e. The maximum Gasteiger partial charge on any atom is 0.317 e. The van der Waals surface area contributed by atoms with Gasteiger partial charge in [0, 0.05) is 6.07 Å². The molecule has 1 aromatic rings. The molecule has 0 spiro atoms. The van der Waals surface area contributed by atoms with Gasteiger partial charge >= 0.3 is 5.97 Å². The topological polar surface area (TPSA) is 53.2 Å². The third kappa shape index (κ3) is 3.15. The van der Waals surface area contributed by atoms with Crippen LogP contribution in [0.3, 0.4) is 0 Å². The highest BCUT2D eigenvalue weighted by molar-refractivity contribution is 5.72. The van der Waals surface area contributed by atoms with Gasteiger partial charge in [-0.15, -0.1) is 0 Å². The van der Waals surface area contributed by atoms with E-state index in [0.717, 1.165) is 0 Å². The third-order valence-corrected chi connectivity index (χ3v) is 1.47. The SMILES string of the molecule is COC(=O)CC#Cc1ccc[n+]([O-])c1. The summed E-state index contributed by atoms with van der Waals surface area (Å²) in [5.41, 5.74) is 0.575. The minimum absolute atomic E-state index is 0.0320. The molecule has 4 heteroatoms. The second-order valence-electron chi connectivity index (χ2n) is 2.51. The number of pyridine rings is 1. The van der Waals surface area contributed by atoms with Gasteiger partial charge in [0.1, 0.15) is 6.42 Å². The molecular weight excluding hydrogens is 182 g/mol. The average Bonchev–Trinajstić information content (AvgIpc) is 2.17. The van der Waals surface area contributed by atoms with Gasteiger partial charge in [0.05, 0.1) is 12.7 Å². The minimum atomic E-state index is -0.386. The van der Waals surface area contributed by atoms with E-state index in [-0.39, 0.29) is 12.4 Å². The smallest absolute Gasteiger partial charge is 0.317 e. The van der Waals surface area contributed by atoms with Crippen LogP contribution in [0.2, 0.25) is 0 Å². The van der Waals surface area contributed by atoms with E-state index in [0.29, 0.717) is 10.3 Å². The molecule has 0 aliphatic heterocycles. The zero-order valence-electron chi connectivity index (χ0n) is 7.69. The number of carbonyl (C=O) groups excluding carboxylic acids is 1. The maximum absolute atomic E-state index is 10.8. The monoisotopic (exact) mass is 191 g/mol. The summed E-state index contributed by atoms with van der Waals surface area (Å²) in [6, 6.07) is 3.29. The lowest BCUT2D eigenvalue weighted by Crippen LogP contribution is -2.24. The van der Waals surface area contributed by atoms with Crippen molar-refractivity contribution in [3.8, 4) is 11.8 Å². The van der Waals surface area contributed by atoms with Gasteiger partial charge < -0.3 is 9.94 Å². The highest BCUT2D eigenvalue weighted by Gasteiger charge is 1.95. The molecular formula is C10H9NO3. The summed E-state index contributed by atoms with van der Waals surface area (Å²) in [6.45, 7) is 0. The van der Waals surface area contributed by atoms with Crippen LogP contribution in [0.4, 0.5) is 0 Å². The summed E-state index contributed by atoms with van der Waals surface area (Å²) >= 11 is 0. The quantitative estimate of drug-likeness (QED) is 0.276. The molecule has 1 heterocycles. The number of hydrogen-bond donors (Lipinski definition) is 0. The Morgan fingerprint density at radius 2 is 2.50 bits per heavy atom. The van der Waals surface area contributed by atoms with Crippen LogP contribution >= 0.6 is 0 Å². The van der Waals surface area contributed by atoms with Gasteiger partial charge in [-0.1, -0.05) is 11.8 Å². The molecule has 1 aromatic heterocycles. The Labute approximate surface area is 81.7 Å². The number of ether oxygens (including phenoxy) is 1. The zero-order valence-corrected chi connectivity index (χ0v) is 7.69. The van der Waals surface area contributed by atoms with Gasteiger partial charge in [-0.25, -0.2) is 0 Å². The van der Waals surface area contributed by atoms with Crippen LogP contribution in [0.5, 0.6) is 0 Å². The number of nitrogens with zero attached hydrogens (tertiary/aromatic N) is 1. The van der Waals surface area contributed by atoms with Crippen molar-refractivity contribution in [3.05, 3.63) is 35.3 Å². The second kappa shape index (κ2) is 4.87. The molecule has 0 aromatic carbocycles. The second-order valence-corrected chi connectivity index (χ2v) is 2.51. The van der Waals surface area contributed by atoms with Gasteiger partial charge in [0.15, 0.2) is 12.4 Å². The Balaban J connectivity index is 2.64. The van der Waals surface area contributed by atoms with Crippen molar-refractivity contribution in [2.75, 3.05) is 7.11 Å². The highest BCUT2D eigenvalue weighted by atomic mass is 16.5. The summed E-state index contributed by atoms with van der Waals surface area (Å²) in [6.07, 6.45) is 2.74. The lowest BCUT2D eigenvalue weighted by Gasteiger charge is -1.93. The van der Waals surface area contributed by atoms with Gasteiger partial charge in [-0.2, -0.15) is 4.73 Å². The maximum atomic E-state index is 10.8. The van der Waals surface area contributed by atoms with Gasteiger partial charge in [-0.05, 0) is 6.07 Å². The predicted octanol–water partition coefficient (Wildman–Crippen LogP) is 0.235. The van der Waals surface area contributed by atoms with E-state index in [1.54, 1.807) is 12.1 Å². The molecule has 0 radical (unpaired) electrons. The number of methoxy groups -OCH3 is 1. The molecule has 0 aliphatic rings. The first kappa shape index (κ1) is 10.1. The van der Waals surface area contributed by atoms with E-state index in [2.05, 4.69) is 16.6 Å². The summed E-state index contributed by atoms with van der Waals surface area (Å²) in [4.78, 5) is 10.7. The molecule has 0 aliphatic carbocycles. The summed E-state index contributed by atoms with van der Waals surface area (Å²) in [5.74, 6) is 4.90. The Hall–Kier alpha value is -2.02. The molecule has 0 saturated heterocycles. The molecule has 1 rings (SSSR count). The normalized spacial score (nSPS) is 8.64. The number of hydrogen-bond acceptors (Lipinski definition) is 3. The summed E-state index contributed by atoms with van der Waals surface area (Å²) < 4.78 is 5.06. The molecule has 0 unspecified atom stereocenters. The number of carbonyl (C=O) groups is 1. The van der Waals surface area contributed by atoms with E-state index >= 15 is 0 Å². The van der Waals surface area contributed by atoms with Gasteiger partial charge in [0.25, 0.3) is 0 Å². The van der Waals surface area contributed by atoms with Gasteiger partial charge in [0.2, 0.25) is 0 Å².